The predicted octanol–water partition coefficient (Wildman–Crippen LogP) is 1.09. The van der Waals surface area contributed by atoms with Crippen LogP contribution in [0.15, 0.2) is 0 Å². The van der Waals surface area contributed by atoms with E-state index in [0.29, 0.717) is 25.7 Å². The van der Waals surface area contributed by atoms with Crippen LogP contribution in [-0.2, 0) is 19.1 Å². The van der Waals surface area contributed by atoms with Gasteiger partial charge in [-0.25, -0.2) is 0 Å². The quantitative estimate of drug-likeness (QED) is 0.729. The van der Waals surface area contributed by atoms with Crippen molar-refractivity contribution >= 4 is 11.9 Å². The Bertz CT molecular complexity index is 309. The molecule has 2 N–H and O–H groups in total. The second kappa shape index (κ2) is 6.86. The van der Waals surface area contributed by atoms with Gasteiger partial charge in [0.05, 0.1) is 12.0 Å². The Morgan fingerprint density at radius 2 is 1.74 bits per heavy atom. The van der Waals surface area contributed by atoms with Crippen molar-refractivity contribution in [1.82, 2.24) is 0 Å². The van der Waals surface area contributed by atoms with Crippen molar-refractivity contribution in [2.75, 3.05) is 0 Å². The van der Waals surface area contributed by atoms with E-state index >= 15 is 0 Å². The zero-order valence-electron chi connectivity index (χ0n) is 11.4. The Morgan fingerprint density at radius 3 is 2.16 bits per heavy atom. The average molecular weight is 274 g/mol. The minimum Gasteiger partial charge on any atom is -0.398 e. The standard InChI is InChI=1S/C13H22O6/c1-3-6-10(14)9(4-2)13(17)18-11(15)7-5-8-12(16)19-13/h9-10,14,17H,3-8H2,1-2H3. The molecule has 1 rings (SSSR count). The molecular formula is C13H22O6. The molecule has 0 saturated carbocycles. The molecule has 1 aliphatic rings. The van der Waals surface area contributed by atoms with E-state index in [1.807, 2.05) is 6.92 Å². The molecule has 0 bridgehead atoms. The Labute approximate surface area is 112 Å². The van der Waals surface area contributed by atoms with Gasteiger partial charge in [0, 0.05) is 12.8 Å². The number of esters is 2. The molecule has 1 fully saturated rings. The molecule has 1 aliphatic heterocycles. The molecular weight excluding hydrogens is 252 g/mol. The number of carbonyl (C=O) groups is 2. The maximum atomic E-state index is 11.5. The number of rotatable bonds is 5. The van der Waals surface area contributed by atoms with Crippen molar-refractivity contribution < 1.29 is 29.3 Å². The molecule has 0 amide bonds. The highest BCUT2D eigenvalue weighted by molar-refractivity contribution is 5.74. The topological polar surface area (TPSA) is 93.1 Å². The molecule has 2 unspecified atom stereocenters. The molecule has 1 saturated heterocycles. The van der Waals surface area contributed by atoms with Crippen LogP contribution in [0.2, 0.25) is 0 Å². The summed E-state index contributed by atoms with van der Waals surface area (Å²) in [6, 6.07) is 0. The SMILES string of the molecule is CCCC(O)C(CC)C1(O)OC(=O)CCCC(=O)O1. The van der Waals surface area contributed by atoms with Gasteiger partial charge in [0.25, 0.3) is 0 Å². The smallest absolute Gasteiger partial charge is 0.378 e. The van der Waals surface area contributed by atoms with Crippen LogP contribution >= 0.6 is 0 Å². The van der Waals surface area contributed by atoms with E-state index in [1.165, 1.54) is 0 Å². The predicted molar refractivity (Wildman–Crippen MR) is 65.7 cm³/mol. The van der Waals surface area contributed by atoms with Gasteiger partial charge in [0.2, 0.25) is 0 Å². The van der Waals surface area contributed by atoms with Gasteiger partial charge < -0.3 is 19.7 Å². The number of carbonyl (C=O) groups excluding carboxylic acids is 2. The summed E-state index contributed by atoms with van der Waals surface area (Å²) in [5.74, 6) is -4.47. The molecule has 110 valence electrons. The van der Waals surface area contributed by atoms with Crippen molar-refractivity contribution in [3.8, 4) is 0 Å². The fourth-order valence-corrected chi connectivity index (χ4v) is 2.25. The van der Waals surface area contributed by atoms with Crippen LogP contribution in [0.1, 0.15) is 52.4 Å². The third-order valence-corrected chi connectivity index (χ3v) is 3.24. The number of hydrogen-bond donors (Lipinski definition) is 2. The lowest BCUT2D eigenvalue weighted by molar-refractivity contribution is -0.361. The fourth-order valence-electron chi connectivity index (χ4n) is 2.25. The number of hydrogen-bond acceptors (Lipinski definition) is 6. The first-order valence-electron chi connectivity index (χ1n) is 6.77. The van der Waals surface area contributed by atoms with E-state index in [4.69, 9.17) is 9.47 Å². The summed E-state index contributed by atoms with van der Waals surface area (Å²) in [6.07, 6.45) is 0.987. The van der Waals surface area contributed by atoms with Crippen LogP contribution < -0.4 is 0 Å². The lowest BCUT2D eigenvalue weighted by Gasteiger charge is -2.36. The molecule has 0 aromatic rings. The molecule has 0 spiro atoms. The van der Waals surface area contributed by atoms with E-state index in [9.17, 15) is 19.8 Å². The van der Waals surface area contributed by atoms with E-state index in [-0.39, 0.29) is 12.8 Å². The highest BCUT2D eigenvalue weighted by Crippen LogP contribution is 2.31. The van der Waals surface area contributed by atoms with Gasteiger partial charge >= 0.3 is 17.9 Å². The number of aliphatic hydroxyl groups is 2. The first-order valence-corrected chi connectivity index (χ1v) is 6.77. The van der Waals surface area contributed by atoms with Crippen molar-refractivity contribution in [3.05, 3.63) is 0 Å². The second-order valence-corrected chi connectivity index (χ2v) is 4.80. The summed E-state index contributed by atoms with van der Waals surface area (Å²) in [5.41, 5.74) is 0. The molecule has 6 heteroatoms. The minimum atomic E-state index is -2.36. The molecule has 0 aliphatic carbocycles. The van der Waals surface area contributed by atoms with Gasteiger partial charge in [0.15, 0.2) is 0 Å². The molecule has 0 radical (unpaired) electrons. The summed E-state index contributed by atoms with van der Waals surface area (Å²) in [4.78, 5) is 23.0. The van der Waals surface area contributed by atoms with Crippen molar-refractivity contribution in [2.45, 2.75) is 64.4 Å². The van der Waals surface area contributed by atoms with Gasteiger partial charge in [-0.3, -0.25) is 9.59 Å². The Morgan fingerprint density at radius 1 is 1.21 bits per heavy atom. The van der Waals surface area contributed by atoms with Gasteiger partial charge in [-0.2, -0.15) is 0 Å². The average Bonchev–Trinajstić information content (AvgIpc) is 2.27. The number of ether oxygens (including phenoxy) is 2. The van der Waals surface area contributed by atoms with Crippen LogP contribution in [0.25, 0.3) is 0 Å². The van der Waals surface area contributed by atoms with E-state index < -0.39 is 29.9 Å². The number of cyclic esters (lactones) is 2. The first kappa shape index (κ1) is 15.9. The van der Waals surface area contributed by atoms with Crippen LogP contribution in [0.4, 0.5) is 0 Å². The lowest BCUT2D eigenvalue weighted by atomic mass is 9.93. The van der Waals surface area contributed by atoms with Crippen molar-refractivity contribution in [2.24, 2.45) is 5.92 Å². The molecule has 0 aromatic heterocycles. The maximum Gasteiger partial charge on any atom is 0.378 e. The summed E-state index contributed by atoms with van der Waals surface area (Å²) >= 11 is 0. The summed E-state index contributed by atoms with van der Waals surface area (Å²) in [6.45, 7) is 3.61. The van der Waals surface area contributed by atoms with Gasteiger partial charge in [0.1, 0.15) is 0 Å². The first-order chi connectivity index (χ1) is 8.92. The fraction of sp³-hybridized carbons (Fsp3) is 0.846. The highest BCUT2D eigenvalue weighted by Gasteiger charge is 2.48. The largest absolute Gasteiger partial charge is 0.398 e. The van der Waals surface area contributed by atoms with E-state index in [1.54, 1.807) is 6.92 Å². The zero-order valence-corrected chi connectivity index (χ0v) is 11.4. The number of aliphatic hydroxyl groups excluding tert-OH is 1. The summed E-state index contributed by atoms with van der Waals surface area (Å²) in [5, 5.41) is 20.3. The monoisotopic (exact) mass is 274 g/mol. The van der Waals surface area contributed by atoms with Crippen LogP contribution in [0.5, 0.6) is 0 Å². The Hall–Kier alpha value is -1.14. The minimum absolute atomic E-state index is 0.0533. The molecule has 0 aromatic carbocycles. The van der Waals surface area contributed by atoms with E-state index in [2.05, 4.69) is 0 Å². The normalized spacial score (nSPS) is 22.7. The van der Waals surface area contributed by atoms with Gasteiger partial charge in [-0.05, 0) is 19.3 Å². The lowest BCUT2D eigenvalue weighted by Crippen LogP contribution is -2.51. The maximum absolute atomic E-state index is 11.5. The molecule has 6 nitrogen and oxygen atoms in total. The molecule has 1 heterocycles. The van der Waals surface area contributed by atoms with E-state index in [0.717, 1.165) is 0 Å². The Balaban J connectivity index is 2.92. The van der Waals surface area contributed by atoms with Crippen molar-refractivity contribution in [1.29, 1.82) is 0 Å². The highest BCUT2D eigenvalue weighted by atomic mass is 16.8. The van der Waals surface area contributed by atoms with Crippen LogP contribution in [0.3, 0.4) is 0 Å². The van der Waals surface area contributed by atoms with Crippen LogP contribution in [-0.4, -0.2) is 34.2 Å². The summed E-state index contributed by atoms with van der Waals surface area (Å²) < 4.78 is 9.77. The molecule has 19 heavy (non-hydrogen) atoms. The van der Waals surface area contributed by atoms with Crippen LogP contribution in [0, 0.1) is 5.92 Å². The third-order valence-electron chi connectivity index (χ3n) is 3.24. The zero-order chi connectivity index (χ0) is 14.5. The molecule has 2 atom stereocenters. The Kier molecular flexibility index (Phi) is 5.75. The summed E-state index contributed by atoms with van der Waals surface area (Å²) in [7, 11) is 0. The van der Waals surface area contributed by atoms with Crippen molar-refractivity contribution in [3.63, 3.8) is 0 Å². The van der Waals surface area contributed by atoms with Gasteiger partial charge in [-0.15, -0.1) is 0 Å². The third kappa shape index (κ3) is 4.18. The van der Waals surface area contributed by atoms with Gasteiger partial charge in [-0.1, -0.05) is 20.3 Å². The second-order valence-electron chi connectivity index (χ2n) is 4.80.